The number of halogens is 1. The quantitative estimate of drug-likeness (QED) is 0.479. The van der Waals surface area contributed by atoms with Crippen LogP contribution in [0, 0.1) is 5.92 Å². The fraction of sp³-hybridized carbons (Fsp3) is 0.533. The maximum absolute atomic E-state index is 4.23. The number of hydrogen-bond donors (Lipinski definition) is 2. The molecule has 0 saturated heterocycles. The summed E-state index contributed by atoms with van der Waals surface area (Å²) in [5.41, 5.74) is 1.37. The molecule has 2 rings (SSSR count). The predicted molar refractivity (Wildman–Crippen MR) is 84.6 cm³/mol. The van der Waals surface area contributed by atoms with Crippen LogP contribution in [0.3, 0.4) is 0 Å². The first kappa shape index (κ1) is 14.4. The SMILES string of the molecule is CN=C(NCCCc1cccc(Br)c1)NCC1CC1. The van der Waals surface area contributed by atoms with E-state index in [2.05, 4.69) is 55.8 Å². The van der Waals surface area contributed by atoms with Crippen LogP contribution >= 0.6 is 15.9 Å². The van der Waals surface area contributed by atoms with Gasteiger partial charge in [-0.2, -0.15) is 0 Å². The predicted octanol–water partition coefficient (Wildman–Crippen LogP) is 2.96. The third-order valence-corrected chi connectivity index (χ3v) is 3.80. The van der Waals surface area contributed by atoms with Crippen LogP contribution in [0.4, 0.5) is 0 Å². The summed E-state index contributed by atoms with van der Waals surface area (Å²) in [4.78, 5) is 4.23. The second-order valence-electron chi connectivity index (χ2n) is 5.06. The summed E-state index contributed by atoms with van der Waals surface area (Å²) in [6.45, 7) is 2.02. The molecule has 0 spiro atoms. The van der Waals surface area contributed by atoms with E-state index in [0.29, 0.717) is 0 Å². The molecule has 2 N–H and O–H groups in total. The average Bonchev–Trinajstić information content (AvgIpc) is 3.22. The van der Waals surface area contributed by atoms with E-state index in [1.807, 2.05) is 7.05 Å². The van der Waals surface area contributed by atoms with Crippen LogP contribution in [0.2, 0.25) is 0 Å². The minimum atomic E-state index is 0.875. The van der Waals surface area contributed by atoms with Crippen LogP contribution in [0.5, 0.6) is 0 Å². The van der Waals surface area contributed by atoms with Gasteiger partial charge in [-0.15, -0.1) is 0 Å². The Kier molecular flexibility index (Phi) is 5.70. The van der Waals surface area contributed by atoms with Gasteiger partial charge < -0.3 is 10.6 Å². The molecular weight excluding hydrogens is 302 g/mol. The van der Waals surface area contributed by atoms with Crippen molar-refractivity contribution in [3.8, 4) is 0 Å². The van der Waals surface area contributed by atoms with E-state index in [4.69, 9.17) is 0 Å². The number of benzene rings is 1. The largest absolute Gasteiger partial charge is 0.356 e. The molecule has 0 aliphatic heterocycles. The van der Waals surface area contributed by atoms with E-state index in [0.717, 1.165) is 42.3 Å². The molecule has 0 amide bonds. The summed E-state index contributed by atoms with van der Waals surface area (Å²) in [5, 5.41) is 6.74. The van der Waals surface area contributed by atoms with Gasteiger partial charge in [0.05, 0.1) is 0 Å². The zero-order valence-corrected chi connectivity index (χ0v) is 13.0. The molecule has 4 heteroatoms. The molecule has 104 valence electrons. The molecular formula is C15H22BrN3. The van der Waals surface area contributed by atoms with Crippen molar-refractivity contribution in [3.63, 3.8) is 0 Å². The lowest BCUT2D eigenvalue weighted by atomic mass is 10.1. The van der Waals surface area contributed by atoms with Crippen molar-refractivity contribution in [2.75, 3.05) is 20.1 Å². The first-order chi connectivity index (χ1) is 9.28. The minimum absolute atomic E-state index is 0.875. The molecule has 0 atom stereocenters. The maximum Gasteiger partial charge on any atom is 0.190 e. The van der Waals surface area contributed by atoms with Gasteiger partial charge in [-0.3, -0.25) is 4.99 Å². The zero-order chi connectivity index (χ0) is 13.5. The number of nitrogens with zero attached hydrogens (tertiary/aromatic N) is 1. The summed E-state index contributed by atoms with van der Waals surface area (Å²) in [6, 6.07) is 8.50. The maximum atomic E-state index is 4.23. The number of nitrogens with one attached hydrogen (secondary N) is 2. The molecule has 1 aliphatic rings. The van der Waals surface area contributed by atoms with Crippen molar-refractivity contribution in [2.45, 2.75) is 25.7 Å². The van der Waals surface area contributed by atoms with Gasteiger partial charge in [0, 0.05) is 24.6 Å². The Morgan fingerprint density at radius 1 is 1.37 bits per heavy atom. The van der Waals surface area contributed by atoms with E-state index >= 15 is 0 Å². The first-order valence-corrected chi connectivity index (χ1v) is 7.76. The Balaban J connectivity index is 1.62. The van der Waals surface area contributed by atoms with Crippen LogP contribution in [-0.4, -0.2) is 26.1 Å². The van der Waals surface area contributed by atoms with Crippen molar-refractivity contribution < 1.29 is 0 Å². The topological polar surface area (TPSA) is 36.4 Å². The van der Waals surface area contributed by atoms with E-state index in [9.17, 15) is 0 Å². The number of aliphatic imine (C=N–C) groups is 1. The number of guanidine groups is 1. The lowest BCUT2D eigenvalue weighted by Gasteiger charge is -2.11. The molecule has 1 fully saturated rings. The Morgan fingerprint density at radius 3 is 2.89 bits per heavy atom. The summed E-state index contributed by atoms with van der Waals surface area (Å²) in [5.74, 6) is 1.81. The highest BCUT2D eigenvalue weighted by Gasteiger charge is 2.20. The molecule has 1 saturated carbocycles. The Hall–Kier alpha value is -1.03. The molecule has 0 radical (unpaired) electrons. The fourth-order valence-corrected chi connectivity index (χ4v) is 2.42. The second-order valence-corrected chi connectivity index (χ2v) is 5.97. The average molecular weight is 324 g/mol. The molecule has 19 heavy (non-hydrogen) atoms. The summed E-state index contributed by atoms with van der Waals surface area (Å²) < 4.78 is 1.15. The van der Waals surface area contributed by atoms with Crippen LogP contribution in [0.25, 0.3) is 0 Å². The lowest BCUT2D eigenvalue weighted by molar-refractivity contribution is 0.714. The molecule has 1 aliphatic carbocycles. The smallest absolute Gasteiger partial charge is 0.190 e. The number of hydrogen-bond acceptors (Lipinski definition) is 1. The minimum Gasteiger partial charge on any atom is -0.356 e. The molecule has 0 heterocycles. The molecule has 1 aromatic carbocycles. The van der Waals surface area contributed by atoms with Gasteiger partial charge in [0.15, 0.2) is 5.96 Å². The van der Waals surface area contributed by atoms with Gasteiger partial charge in [-0.1, -0.05) is 28.1 Å². The van der Waals surface area contributed by atoms with Crippen molar-refractivity contribution >= 4 is 21.9 Å². The molecule has 3 nitrogen and oxygen atoms in total. The number of aryl methyl sites for hydroxylation is 1. The van der Waals surface area contributed by atoms with E-state index in [1.165, 1.54) is 18.4 Å². The van der Waals surface area contributed by atoms with Gasteiger partial charge in [0.2, 0.25) is 0 Å². The van der Waals surface area contributed by atoms with Gasteiger partial charge in [-0.25, -0.2) is 0 Å². The standard InChI is InChI=1S/C15H22BrN3/c1-17-15(19-11-13-7-8-13)18-9-3-5-12-4-2-6-14(16)10-12/h2,4,6,10,13H,3,5,7-9,11H2,1H3,(H2,17,18,19). The third kappa shape index (κ3) is 5.64. The Bertz CT molecular complexity index is 427. The highest BCUT2D eigenvalue weighted by atomic mass is 79.9. The Morgan fingerprint density at radius 2 is 2.21 bits per heavy atom. The van der Waals surface area contributed by atoms with Crippen molar-refractivity contribution in [2.24, 2.45) is 10.9 Å². The monoisotopic (exact) mass is 323 g/mol. The highest BCUT2D eigenvalue weighted by Crippen LogP contribution is 2.27. The van der Waals surface area contributed by atoms with Crippen LogP contribution in [0.1, 0.15) is 24.8 Å². The first-order valence-electron chi connectivity index (χ1n) is 6.97. The molecule has 0 unspecified atom stereocenters. The summed E-state index contributed by atoms with van der Waals surface area (Å²) in [7, 11) is 1.83. The Labute approximate surface area is 124 Å². The summed E-state index contributed by atoms with van der Waals surface area (Å²) >= 11 is 3.50. The normalized spacial score (nSPS) is 15.4. The van der Waals surface area contributed by atoms with E-state index in [-0.39, 0.29) is 0 Å². The number of rotatable bonds is 6. The van der Waals surface area contributed by atoms with Crippen LogP contribution in [0.15, 0.2) is 33.7 Å². The molecule has 0 aromatic heterocycles. The van der Waals surface area contributed by atoms with Crippen molar-refractivity contribution in [1.29, 1.82) is 0 Å². The van der Waals surface area contributed by atoms with Crippen LogP contribution in [-0.2, 0) is 6.42 Å². The third-order valence-electron chi connectivity index (χ3n) is 3.30. The van der Waals surface area contributed by atoms with Gasteiger partial charge in [-0.05, 0) is 49.3 Å². The van der Waals surface area contributed by atoms with Gasteiger partial charge in [0.25, 0.3) is 0 Å². The van der Waals surface area contributed by atoms with Gasteiger partial charge >= 0.3 is 0 Å². The van der Waals surface area contributed by atoms with Crippen molar-refractivity contribution in [3.05, 3.63) is 34.3 Å². The van der Waals surface area contributed by atoms with Gasteiger partial charge in [0.1, 0.15) is 0 Å². The highest BCUT2D eigenvalue weighted by molar-refractivity contribution is 9.10. The fourth-order valence-electron chi connectivity index (χ4n) is 1.98. The second kappa shape index (κ2) is 7.53. The molecule has 1 aromatic rings. The van der Waals surface area contributed by atoms with E-state index in [1.54, 1.807) is 0 Å². The lowest BCUT2D eigenvalue weighted by Crippen LogP contribution is -2.38. The van der Waals surface area contributed by atoms with Crippen molar-refractivity contribution in [1.82, 2.24) is 10.6 Å². The van der Waals surface area contributed by atoms with Crippen LogP contribution < -0.4 is 10.6 Å². The zero-order valence-electron chi connectivity index (χ0n) is 11.5. The summed E-state index contributed by atoms with van der Waals surface area (Å²) in [6.07, 6.45) is 4.94. The van der Waals surface area contributed by atoms with E-state index < -0.39 is 0 Å². The molecule has 0 bridgehead atoms.